The van der Waals surface area contributed by atoms with Crippen LogP contribution in [-0.2, 0) is 11.8 Å². The third-order valence-electron chi connectivity index (χ3n) is 3.64. The number of rotatable bonds is 6. The van der Waals surface area contributed by atoms with Crippen LogP contribution in [-0.4, -0.2) is 16.7 Å². The van der Waals surface area contributed by atoms with Gasteiger partial charge in [0.25, 0.3) is 0 Å². The molecule has 2 rings (SSSR count). The summed E-state index contributed by atoms with van der Waals surface area (Å²) < 4.78 is 13.1. The molecule has 5 heteroatoms. The van der Waals surface area contributed by atoms with Crippen molar-refractivity contribution in [2.24, 2.45) is 0 Å². The molecule has 1 aromatic heterocycles. The molecular weight excluding hydrogens is 316 g/mol. The SMILES string of the molecule is Cc1ncsc1CCC(CCl)(CCl)c1ccc(F)cc1. The standard InChI is InChI=1S/C15H16Cl2FNS/c1-11-14(20-10-19-11)6-7-15(8-16,9-17)12-2-4-13(18)5-3-12/h2-5,10H,6-9H2,1H3. The van der Waals surface area contributed by atoms with Gasteiger partial charge in [0.2, 0.25) is 0 Å². The number of halogens is 3. The third kappa shape index (κ3) is 3.33. The van der Waals surface area contributed by atoms with Gasteiger partial charge in [0.15, 0.2) is 0 Å². The average molecular weight is 332 g/mol. The van der Waals surface area contributed by atoms with E-state index >= 15 is 0 Å². The van der Waals surface area contributed by atoms with Gasteiger partial charge in [-0.05, 0) is 37.5 Å². The highest BCUT2D eigenvalue weighted by Crippen LogP contribution is 2.33. The van der Waals surface area contributed by atoms with Crippen LogP contribution in [0.1, 0.15) is 22.6 Å². The number of thiazole rings is 1. The largest absolute Gasteiger partial charge is 0.250 e. The number of hydrogen-bond acceptors (Lipinski definition) is 2. The van der Waals surface area contributed by atoms with Crippen LogP contribution >= 0.6 is 34.5 Å². The van der Waals surface area contributed by atoms with Crippen molar-refractivity contribution in [2.75, 3.05) is 11.8 Å². The van der Waals surface area contributed by atoms with E-state index in [0.717, 1.165) is 24.1 Å². The van der Waals surface area contributed by atoms with Gasteiger partial charge in [-0.15, -0.1) is 34.5 Å². The molecule has 0 spiro atoms. The van der Waals surface area contributed by atoms with Gasteiger partial charge in [0.05, 0.1) is 11.2 Å². The molecule has 0 aliphatic carbocycles. The molecule has 0 atom stereocenters. The smallest absolute Gasteiger partial charge is 0.123 e. The summed E-state index contributed by atoms with van der Waals surface area (Å²) in [5.74, 6) is 0.588. The Labute approximate surface area is 132 Å². The zero-order chi connectivity index (χ0) is 14.6. The molecule has 20 heavy (non-hydrogen) atoms. The van der Waals surface area contributed by atoms with Crippen LogP contribution in [0.3, 0.4) is 0 Å². The molecule has 0 fully saturated rings. The molecule has 2 aromatic rings. The lowest BCUT2D eigenvalue weighted by molar-refractivity contribution is 0.492. The van der Waals surface area contributed by atoms with Crippen molar-refractivity contribution in [1.82, 2.24) is 4.98 Å². The minimum Gasteiger partial charge on any atom is -0.250 e. The fourth-order valence-electron chi connectivity index (χ4n) is 2.19. The fraction of sp³-hybridized carbons (Fsp3) is 0.400. The molecule has 0 aliphatic rings. The van der Waals surface area contributed by atoms with Crippen LogP contribution in [0.5, 0.6) is 0 Å². The normalized spacial score (nSPS) is 11.8. The first-order valence-corrected chi connectivity index (χ1v) is 8.33. The fourth-order valence-corrected chi connectivity index (χ4v) is 3.83. The molecule has 1 heterocycles. The first-order valence-electron chi connectivity index (χ1n) is 6.38. The number of benzene rings is 1. The van der Waals surface area contributed by atoms with E-state index in [1.165, 1.54) is 17.0 Å². The van der Waals surface area contributed by atoms with Gasteiger partial charge in [-0.1, -0.05) is 12.1 Å². The lowest BCUT2D eigenvalue weighted by Gasteiger charge is -2.30. The van der Waals surface area contributed by atoms with Gasteiger partial charge in [-0.2, -0.15) is 0 Å². The van der Waals surface area contributed by atoms with Gasteiger partial charge >= 0.3 is 0 Å². The lowest BCUT2D eigenvalue weighted by Crippen LogP contribution is -2.31. The number of nitrogens with zero attached hydrogens (tertiary/aromatic N) is 1. The highest BCUT2D eigenvalue weighted by Gasteiger charge is 2.30. The zero-order valence-electron chi connectivity index (χ0n) is 11.2. The Morgan fingerprint density at radius 3 is 2.35 bits per heavy atom. The predicted molar refractivity (Wildman–Crippen MR) is 84.7 cm³/mol. The average Bonchev–Trinajstić information content (AvgIpc) is 2.88. The molecule has 0 aliphatic heterocycles. The molecular formula is C15H16Cl2FNS. The van der Waals surface area contributed by atoms with Crippen molar-refractivity contribution in [3.63, 3.8) is 0 Å². The summed E-state index contributed by atoms with van der Waals surface area (Å²) in [7, 11) is 0. The summed E-state index contributed by atoms with van der Waals surface area (Å²) in [6.07, 6.45) is 1.71. The van der Waals surface area contributed by atoms with Crippen molar-refractivity contribution in [3.8, 4) is 0 Å². The first-order chi connectivity index (χ1) is 9.61. The van der Waals surface area contributed by atoms with Gasteiger partial charge < -0.3 is 0 Å². The van der Waals surface area contributed by atoms with Crippen LogP contribution in [0.2, 0.25) is 0 Å². The number of aryl methyl sites for hydroxylation is 2. The molecule has 1 nitrogen and oxygen atoms in total. The van der Waals surface area contributed by atoms with E-state index in [9.17, 15) is 4.39 Å². The van der Waals surface area contributed by atoms with Crippen LogP contribution in [0.4, 0.5) is 4.39 Å². The number of alkyl halides is 2. The maximum absolute atomic E-state index is 13.1. The second kappa shape index (κ2) is 6.88. The summed E-state index contributed by atoms with van der Waals surface area (Å²) in [6, 6.07) is 6.47. The summed E-state index contributed by atoms with van der Waals surface area (Å²) in [4.78, 5) is 5.51. The van der Waals surface area contributed by atoms with Crippen LogP contribution < -0.4 is 0 Å². The predicted octanol–water partition coefficient (Wildman–Crippen LogP) is 4.94. The van der Waals surface area contributed by atoms with E-state index in [2.05, 4.69) is 4.98 Å². The van der Waals surface area contributed by atoms with E-state index in [4.69, 9.17) is 23.2 Å². The van der Waals surface area contributed by atoms with Crippen molar-refractivity contribution in [3.05, 3.63) is 51.7 Å². The van der Waals surface area contributed by atoms with E-state index in [0.29, 0.717) is 11.8 Å². The molecule has 1 aromatic carbocycles. The second-order valence-electron chi connectivity index (χ2n) is 4.92. The zero-order valence-corrected chi connectivity index (χ0v) is 13.5. The summed E-state index contributed by atoms with van der Waals surface area (Å²) in [5.41, 5.74) is 3.58. The van der Waals surface area contributed by atoms with E-state index < -0.39 is 0 Å². The Morgan fingerprint density at radius 2 is 1.85 bits per heavy atom. The number of aromatic nitrogens is 1. The van der Waals surface area contributed by atoms with Gasteiger partial charge in [-0.3, -0.25) is 0 Å². The quantitative estimate of drug-likeness (QED) is 0.683. The molecule has 0 N–H and O–H groups in total. The Kier molecular flexibility index (Phi) is 5.42. The molecule has 0 unspecified atom stereocenters. The molecule has 108 valence electrons. The summed E-state index contributed by atoms with van der Waals surface area (Å²) in [5, 5.41) is 0. The Bertz CT molecular complexity index is 549. The Balaban J connectivity index is 2.21. The van der Waals surface area contributed by atoms with Crippen LogP contribution in [0, 0.1) is 12.7 Å². The van der Waals surface area contributed by atoms with Gasteiger partial charge in [0.1, 0.15) is 5.82 Å². The maximum Gasteiger partial charge on any atom is 0.123 e. The molecule has 0 amide bonds. The molecule has 0 radical (unpaired) electrons. The Hall–Kier alpha value is -0.640. The van der Waals surface area contributed by atoms with Gasteiger partial charge in [-0.25, -0.2) is 9.37 Å². The van der Waals surface area contributed by atoms with Crippen molar-refractivity contribution in [1.29, 1.82) is 0 Å². The Morgan fingerprint density at radius 1 is 1.20 bits per heavy atom. The highest BCUT2D eigenvalue weighted by molar-refractivity contribution is 7.09. The van der Waals surface area contributed by atoms with Crippen molar-refractivity contribution in [2.45, 2.75) is 25.2 Å². The van der Waals surface area contributed by atoms with E-state index in [1.54, 1.807) is 23.5 Å². The minimum atomic E-state index is -0.326. The minimum absolute atomic E-state index is 0.245. The van der Waals surface area contributed by atoms with E-state index in [1.807, 2.05) is 12.4 Å². The van der Waals surface area contributed by atoms with Crippen molar-refractivity contribution < 1.29 is 4.39 Å². The molecule has 0 bridgehead atoms. The summed E-state index contributed by atoms with van der Waals surface area (Å²) >= 11 is 14.0. The number of hydrogen-bond donors (Lipinski definition) is 0. The lowest BCUT2D eigenvalue weighted by atomic mass is 9.80. The van der Waals surface area contributed by atoms with Crippen LogP contribution in [0.25, 0.3) is 0 Å². The second-order valence-corrected chi connectivity index (χ2v) is 6.39. The van der Waals surface area contributed by atoms with Crippen molar-refractivity contribution >= 4 is 34.5 Å². The molecule has 0 saturated heterocycles. The van der Waals surface area contributed by atoms with Gasteiger partial charge in [0, 0.05) is 22.1 Å². The van der Waals surface area contributed by atoms with E-state index in [-0.39, 0.29) is 11.2 Å². The topological polar surface area (TPSA) is 12.9 Å². The summed E-state index contributed by atoms with van der Waals surface area (Å²) in [6.45, 7) is 2.01. The first kappa shape index (κ1) is 15.7. The van der Waals surface area contributed by atoms with Crippen LogP contribution in [0.15, 0.2) is 29.8 Å². The maximum atomic E-state index is 13.1. The highest BCUT2D eigenvalue weighted by atomic mass is 35.5. The monoisotopic (exact) mass is 331 g/mol. The third-order valence-corrected chi connectivity index (χ3v) is 5.66. The molecule has 0 saturated carbocycles.